The number of carbonyl (C=O) groups is 2. The highest BCUT2D eigenvalue weighted by Gasteiger charge is 2.25. The third-order valence-electron chi connectivity index (χ3n) is 6.30. The van der Waals surface area contributed by atoms with E-state index >= 15 is 0 Å². The number of piperazine rings is 1. The lowest BCUT2D eigenvalue weighted by atomic mass is 10.1. The van der Waals surface area contributed by atoms with Gasteiger partial charge in [0.05, 0.1) is 17.7 Å². The Balaban J connectivity index is 1.25. The maximum atomic E-state index is 12.9. The fourth-order valence-corrected chi connectivity index (χ4v) is 4.40. The molecule has 7 nitrogen and oxygen atoms in total. The smallest absolute Gasteiger partial charge is 0.264 e. The first-order chi connectivity index (χ1) is 15.5. The molecule has 32 heavy (non-hydrogen) atoms. The van der Waals surface area contributed by atoms with Gasteiger partial charge in [-0.25, -0.2) is 0 Å². The Morgan fingerprint density at radius 1 is 1.03 bits per heavy atom. The van der Waals surface area contributed by atoms with Gasteiger partial charge in [-0.1, -0.05) is 6.07 Å². The molecule has 0 spiro atoms. The zero-order valence-electron chi connectivity index (χ0n) is 18.4. The van der Waals surface area contributed by atoms with E-state index in [1.807, 2.05) is 6.92 Å². The average Bonchev–Trinajstić information content (AvgIpc) is 2.81. The highest BCUT2D eigenvalue weighted by molar-refractivity contribution is 6.02. The number of ether oxygens (including phenoxy) is 1. The average molecular weight is 431 g/mol. The minimum Gasteiger partial charge on any atom is -0.482 e. The number of pyridine rings is 1. The fraction of sp³-hybridized carbons (Fsp3) is 0.320. The lowest BCUT2D eigenvalue weighted by Crippen LogP contribution is -2.48. The summed E-state index contributed by atoms with van der Waals surface area (Å²) in [6.45, 7) is 5.75. The van der Waals surface area contributed by atoms with Crippen molar-refractivity contribution in [3.05, 3.63) is 59.8 Å². The number of ketones is 1. The lowest BCUT2D eigenvalue weighted by Gasteiger charge is -2.36. The summed E-state index contributed by atoms with van der Waals surface area (Å²) in [6, 6.07) is 15.8. The van der Waals surface area contributed by atoms with Crippen LogP contribution in [0.25, 0.3) is 10.9 Å². The molecule has 1 fully saturated rings. The van der Waals surface area contributed by atoms with Gasteiger partial charge < -0.3 is 14.5 Å². The van der Waals surface area contributed by atoms with Crippen LogP contribution in [0.1, 0.15) is 16.1 Å². The minimum absolute atomic E-state index is 0.0352. The summed E-state index contributed by atoms with van der Waals surface area (Å²) in [5.41, 5.74) is 4.48. The third-order valence-corrected chi connectivity index (χ3v) is 6.30. The second-order valence-corrected chi connectivity index (χ2v) is 8.41. The standard InChI is InChI=1S/C25H26N4O3/c1-17-6-8-19-20(26-17)4-3-5-21(19)29-12-10-28(11-13-29)15-23(30)18-7-9-24-22(14-18)27(2)25(31)16-32-24/h3-9,14H,10-13,15-16H2,1-2H3. The van der Waals surface area contributed by atoms with E-state index in [9.17, 15) is 9.59 Å². The maximum absolute atomic E-state index is 12.9. The number of anilines is 2. The molecule has 0 aliphatic carbocycles. The quantitative estimate of drug-likeness (QED) is 0.593. The van der Waals surface area contributed by atoms with E-state index in [2.05, 4.69) is 45.1 Å². The van der Waals surface area contributed by atoms with Crippen molar-refractivity contribution in [2.24, 2.45) is 0 Å². The molecule has 0 radical (unpaired) electrons. The van der Waals surface area contributed by atoms with Crippen molar-refractivity contribution < 1.29 is 14.3 Å². The van der Waals surface area contributed by atoms with Crippen LogP contribution in [0, 0.1) is 6.92 Å². The number of fused-ring (bicyclic) bond motifs is 2. The first kappa shape index (κ1) is 20.5. The molecule has 2 aromatic carbocycles. The summed E-state index contributed by atoms with van der Waals surface area (Å²) in [7, 11) is 1.71. The summed E-state index contributed by atoms with van der Waals surface area (Å²) >= 11 is 0. The van der Waals surface area contributed by atoms with Gasteiger partial charge in [0.15, 0.2) is 12.4 Å². The number of carbonyl (C=O) groups excluding carboxylic acids is 2. The van der Waals surface area contributed by atoms with Crippen LogP contribution >= 0.6 is 0 Å². The first-order valence-electron chi connectivity index (χ1n) is 10.9. The number of aromatic nitrogens is 1. The maximum Gasteiger partial charge on any atom is 0.264 e. The number of likely N-dealkylation sites (N-methyl/N-ethyl adjacent to an activating group) is 1. The van der Waals surface area contributed by atoms with Crippen LogP contribution in [0.5, 0.6) is 5.75 Å². The van der Waals surface area contributed by atoms with Gasteiger partial charge in [-0.3, -0.25) is 19.5 Å². The highest BCUT2D eigenvalue weighted by atomic mass is 16.5. The van der Waals surface area contributed by atoms with Gasteiger partial charge in [-0.2, -0.15) is 0 Å². The minimum atomic E-state index is -0.114. The molecule has 164 valence electrons. The number of nitrogens with zero attached hydrogens (tertiary/aromatic N) is 4. The largest absolute Gasteiger partial charge is 0.482 e. The lowest BCUT2D eigenvalue weighted by molar-refractivity contribution is -0.120. The molecule has 1 amide bonds. The van der Waals surface area contributed by atoms with Crippen molar-refractivity contribution in [2.45, 2.75) is 6.92 Å². The Hall–Kier alpha value is -3.45. The van der Waals surface area contributed by atoms with Gasteiger partial charge in [-0.05, 0) is 49.4 Å². The van der Waals surface area contributed by atoms with Crippen molar-refractivity contribution in [3.8, 4) is 5.75 Å². The topological polar surface area (TPSA) is 66.0 Å². The zero-order chi connectivity index (χ0) is 22.2. The molecule has 0 bridgehead atoms. The zero-order valence-corrected chi connectivity index (χ0v) is 18.4. The number of amides is 1. The van der Waals surface area contributed by atoms with Crippen LogP contribution in [0.2, 0.25) is 0 Å². The van der Waals surface area contributed by atoms with Gasteiger partial charge in [0.2, 0.25) is 0 Å². The fourth-order valence-electron chi connectivity index (χ4n) is 4.40. The van der Waals surface area contributed by atoms with Gasteiger partial charge in [0.1, 0.15) is 5.75 Å². The number of hydrogen-bond acceptors (Lipinski definition) is 6. The molecule has 7 heteroatoms. The van der Waals surface area contributed by atoms with Gasteiger partial charge >= 0.3 is 0 Å². The second kappa shape index (κ2) is 8.24. The molecule has 5 rings (SSSR count). The van der Waals surface area contributed by atoms with E-state index in [0.29, 0.717) is 23.5 Å². The van der Waals surface area contributed by atoms with Gasteiger partial charge in [0, 0.05) is 55.6 Å². The van der Waals surface area contributed by atoms with Gasteiger partial charge in [0.25, 0.3) is 5.91 Å². The van der Waals surface area contributed by atoms with Crippen molar-refractivity contribution in [1.82, 2.24) is 9.88 Å². The molecule has 2 aliphatic heterocycles. The highest BCUT2D eigenvalue weighted by Crippen LogP contribution is 2.32. The van der Waals surface area contributed by atoms with Crippen molar-refractivity contribution in [3.63, 3.8) is 0 Å². The molecule has 0 N–H and O–H groups in total. The molecule has 3 heterocycles. The van der Waals surface area contributed by atoms with E-state index in [-0.39, 0.29) is 18.3 Å². The van der Waals surface area contributed by atoms with Crippen molar-refractivity contribution in [2.75, 3.05) is 56.2 Å². The van der Waals surface area contributed by atoms with Gasteiger partial charge in [-0.15, -0.1) is 0 Å². The van der Waals surface area contributed by atoms with E-state index in [1.54, 1.807) is 30.1 Å². The van der Waals surface area contributed by atoms with E-state index in [4.69, 9.17) is 4.74 Å². The number of benzene rings is 2. The second-order valence-electron chi connectivity index (χ2n) is 8.41. The number of hydrogen-bond donors (Lipinski definition) is 0. The summed E-state index contributed by atoms with van der Waals surface area (Å²) in [5, 5.41) is 1.16. The van der Waals surface area contributed by atoms with Crippen LogP contribution in [0.15, 0.2) is 48.5 Å². The Morgan fingerprint density at radius 3 is 2.66 bits per heavy atom. The molecular formula is C25H26N4O3. The van der Waals surface area contributed by atoms with E-state index in [1.165, 1.54) is 5.69 Å². The molecule has 3 aromatic rings. The molecule has 0 atom stereocenters. The number of Topliss-reactive ketones (excluding diaryl/α,β-unsaturated/α-hetero) is 1. The third kappa shape index (κ3) is 3.80. The Bertz CT molecular complexity index is 1200. The van der Waals surface area contributed by atoms with Crippen molar-refractivity contribution in [1.29, 1.82) is 0 Å². The summed E-state index contributed by atoms with van der Waals surface area (Å²) in [6.07, 6.45) is 0. The summed E-state index contributed by atoms with van der Waals surface area (Å²) < 4.78 is 5.46. The van der Waals surface area contributed by atoms with Crippen LogP contribution < -0.4 is 14.5 Å². The monoisotopic (exact) mass is 430 g/mol. The van der Waals surface area contributed by atoms with Crippen LogP contribution in [0.4, 0.5) is 11.4 Å². The Labute approximate surface area is 187 Å². The SMILES string of the molecule is Cc1ccc2c(N3CCN(CC(=O)c4ccc5c(c4)N(C)C(=O)CO5)CC3)cccc2n1. The van der Waals surface area contributed by atoms with E-state index < -0.39 is 0 Å². The summed E-state index contributed by atoms with van der Waals surface area (Å²) in [5.74, 6) is 0.576. The Morgan fingerprint density at radius 2 is 1.84 bits per heavy atom. The summed E-state index contributed by atoms with van der Waals surface area (Å²) in [4.78, 5) is 35.6. The number of rotatable bonds is 4. The Kier molecular flexibility index (Phi) is 5.27. The van der Waals surface area contributed by atoms with Crippen LogP contribution in [0.3, 0.4) is 0 Å². The van der Waals surface area contributed by atoms with Crippen molar-refractivity contribution >= 4 is 34.0 Å². The van der Waals surface area contributed by atoms with Crippen LogP contribution in [-0.2, 0) is 4.79 Å². The molecule has 1 saturated heterocycles. The predicted octanol–water partition coefficient (Wildman–Crippen LogP) is 2.90. The molecule has 2 aliphatic rings. The predicted molar refractivity (Wildman–Crippen MR) is 125 cm³/mol. The first-order valence-corrected chi connectivity index (χ1v) is 10.9. The molecule has 1 aromatic heterocycles. The van der Waals surface area contributed by atoms with Crippen LogP contribution in [-0.4, -0.2) is 68.0 Å². The number of aryl methyl sites for hydroxylation is 1. The molecular weight excluding hydrogens is 404 g/mol. The normalized spacial score (nSPS) is 16.8. The molecule has 0 unspecified atom stereocenters. The van der Waals surface area contributed by atoms with E-state index in [0.717, 1.165) is 42.8 Å². The molecule has 0 saturated carbocycles.